The molecule has 4 aromatic carbocycles. The highest BCUT2D eigenvalue weighted by atomic mass is 35.5. The number of hydrogen-bond donors (Lipinski definition) is 2. The fourth-order valence-electron chi connectivity index (χ4n) is 4.40. The molecule has 0 aliphatic carbocycles. The van der Waals surface area contributed by atoms with E-state index in [1.165, 1.54) is 13.3 Å². The van der Waals surface area contributed by atoms with Crippen LogP contribution in [-0.4, -0.2) is 30.2 Å². The number of ether oxygens (including phenoxy) is 2. The SMILES string of the molecule is COc1cc(C=NNC(=O)c2[nH]c3c(C)cccc3c2-c2ccccc2Cl)ccc1OC(=O)c1ccc(C)cc1. The molecule has 1 aromatic heterocycles. The van der Waals surface area contributed by atoms with Gasteiger partial charge in [-0.25, -0.2) is 10.2 Å². The average Bonchev–Trinajstić information content (AvgIpc) is 3.35. The molecule has 2 N–H and O–H groups in total. The Morgan fingerprint density at radius 1 is 0.925 bits per heavy atom. The number of nitrogens with one attached hydrogen (secondary N) is 2. The van der Waals surface area contributed by atoms with Gasteiger partial charge in [-0.05, 0) is 61.4 Å². The Labute approximate surface area is 236 Å². The van der Waals surface area contributed by atoms with Gasteiger partial charge in [-0.1, -0.05) is 65.7 Å². The van der Waals surface area contributed by atoms with E-state index in [9.17, 15) is 9.59 Å². The Hall–Kier alpha value is -4.88. The Kier molecular flexibility index (Phi) is 7.66. The van der Waals surface area contributed by atoms with E-state index < -0.39 is 11.9 Å². The van der Waals surface area contributed by atoms with E-state index in [1.54, 1.807) is 36.4 Å². The molecule has 0 fully saturated rings. The predicted octanol–water partition coefficient (Wildman–Crippen LogP) is 7.10. The lowest BCUT2D eigenvalue weighted by atomic mass is 10.0. The molecule has 0 saturated carbocycles. The van der Waals surface area contributed by atoms with Crippen LogP contribution in [0.5, 0.6) is 11.5 Å². The van der Waals surface area contributed by atoms with Gasteiger partial charge in [-0.3, -0.25) is 4.79 Å². The van der Waals surface area contributed by atoms with Gasteiger partial charge in [-0.2, -0.15) is 5.10 Å². The number of esters is 1. The molecule has 5 rings (SSSR count). The number of fused-ring (bicyclic) bond motifs is 1. The lowest BCUT2D eigenvalue weighted by molar-refractivity contribution is 0.0729. The van der Waals surface area contributed by atoms with Gasteiger partial charge in [0.1, 0.15) is 5.69 Å². The van der Waals surface area contributed by atoms with Crippen molar-refractivity contribution in [2.75, 3.05) is 7.11 Å². The Morgan fingerprint density at radius 3 is 2.45 bits per heavy atom. The summed E-state index contributed by atoms with van der Waals surface area (Å²) in [4.78, 5) is 29.1. The number of hydrogen-bond acceptors (Lipinski definition) is 5. The highest BCUT2D eigenvalue weighted by Crippen LogP contribution is 2.37. The third-order valence-corrected chi connectivity index (χ3v) is 6.80. The third-order valence-electron chi connectivity index (χ3n) is 6.47. The number of carbonyl (C=O) groups is 2. The van der Waals surface area contributed by atoms with E-state index in [0.717, 1.165) is 27.6 Å². The minimum absolute atomic E-state index is 0.270. The van der Waals surface area contributed by atoms with Crippen LogP contribution in [0.15, 0.2) is 90.0 Å². The topological polar surface area (TPSA) is 92.8 Å². The zero-order chi connectivity index (χ0) is 28.2. The van der Waals surface area contributed by atoms with Gasteiger partial charge in [0.25, 0.3) is 5.91 Å². The molecule has 1 heterocycles. The molecule has 40 heavy (non-hydrogen) atoms. The number of carbonyl (C=O) groups excluding carboxylic acids is 2. The minimum atomic E-state index is -0.491. The second-order valence-corrected chi connectivity index (χ2v) is 9.62. The van der Waals surface area contributed by atoms with Crippen LogP contribution in [0.4, 0.5) is 0 Å². The Bertz CT molecular complexity index is 1760. The number of para-hydroxylation sites is 1. The summed E-state index contributed by atoms with van der Waals surface area (Å²) >= 11 is 6.51. The number of nitrogens with zero attached hydrogens (tertiary/aromatic N) is 1. The molecule has 8 heteroatoms. The highest BCUT2D eigenvalue weighted by molar-refractivity contribution is 6.34. The smallest absolute Gasteiger partial charge is 0.343 e. The van der Waals surface area contributed by atoms with Crippen LogP contribution in [0.3, 0.4) is 0 Å². The number of methoxy groups -OCH3 is 1. The predicted molar refractivity (Wildman–Crippen MR) is 158 cm³/mol. The van der Waals surface area contributed by atoms with Crippen LogP contribution in [0.25, 0.3) is 22.0 Å². The highest BCUT2D eigenvalue weighted by Gasteiger charge is 2.21. The van der Waals surface area contributed by atoms with Crippen molar-refractivity contribution < 1.29 is 19.1 Å². The van der Waals surface area contributed by atoms with Crippen molar-refractivity contribution >= 4 is 40.6 Å². The van der Waals surface area contributed by atoms with Gasteiger partial charge in [0.05, 0.1) is 18.9 Å². The number of aromatic amines is 1. The van der Waals surface area contributed by atoms with E-state index in [-0.39, 0.29) is 5.75 Å². The molecule has 5 aromatic rings. The maximum atomic E-state index is 13.3. The van der Waals surface area contributed by atoms with Crippen LogP contribution >= 0.6 is 11.6 Å². The van der Waals surface area contributed by atoms with Crippen LogP contribution in [0.2, 0.25) is 5.02 Å². The summed E-state index contributed by atoms with van der Waals surface area (Å²) < 4.78 is 10.9. The number of aromatic nitrogens is 1. The van der Waals surface area contributed by atoms with Gasteiger partial charge < -0.3 is 14.5 Å². The van der Waals surface area contributed by atoms with E-state index in [2.05, 4.69) is 15.5 Å². The van der Waals surface area contributed by atoms with Crippen LogP contribution in [0, 0.1) is 13.8 Å². The lowest BCUT2D eigenvalue weighted by Crippen LogP contribution is -2.19. The molecular formula is C32H26ClN3O4. The second-order valence-electron chi connectivity index (χ2n) is 9.22. The number of hydrazone groups is 1. The molecule has 0 atom stereocenters. The first-order chi connectivity index (χ1) is 19.4. The molecule has 0 aliphatic rings. The van der Waals surface area contributed by atoms with E-state index in [0.29, 0.717) is 33.2 Å². The van der Waals surface area contributed by atoms with Crippen LogP contribution in [-0.2, 0) is 0 Å². The number of amides is 1. The van der Waals surface area contributed by atoms with Crippen molar-refractivity contribution in [1.29, 1.82) is 0 Å². The van der Waals surface area contributed by atoms with Crippen molar-refractivity contribution in [3.8, 4) is 22.6 Å². The van der Waals surface area contributed by atoms with Crippen molar-refractivity contribution in [3.05, 3.63) is 118 Å². The van der Waals surface area contributed by atoms with Gasteiger partial charge in [0.15, 0.2) is 11.5 Å². The maximum Gasteiger partial charge on any atom is 0.343 e. The summed E-state index contributed by atoms with van der Waals surface area (Å²) in [5, 5.41) is 5.58. The molecule has 1 amide bonds. The first-order valence-electron chi connectivity index (χ1n) is 12.5. The summed E-state index contributed by atoms with van der Waals surface area (Å²) in [6, 6.07) is 25.4. The van der Waals surface area contributed by atoms with E-state index in [1.807, 2.05) is 62.4 Å². The van der Waals surface area contributed by atoms with E-state index in [4.69, 9.17) is 21.1 Å². The molecule has 0 aliphatic heterocycles. The number of H-pyrrole nitrogens is 1. The Morgan fingerprint density at radius 2 is 1.70 bits per heavy atom. The minimum Gasteiger partial charge on any atom is -0.493 e. The summed E-state index contributed by atoms with van der Waals surface area (Å²) in [5.41, 5.74) is 8.37. The molecule has 0 saturated heterocycles. The molecular weight excluding hydrogens is 526 g/mol. The standard InChI is InChI=1S/C32H26ClN3O4/c1-19-11-14-22(15-12-19)32(38)40-26-16-13-21(17-27(26)39-3)18-34-36-31(37)30-28(23-8-4-5-10-25(23)33)24-9-6-7-20(2)29(24)35-30/h4-18,35H,1-3H3,(H,36,37). The number of rotatable bonds is 7. The van der Waals surface area contributed by atoms with Crippen LogP contribution < -0.4 is 14.9 Å². The van der Waals surface area contributed by atoms with Crippen molar-refractivity contribution in [2.24, 2.45) is 5.10 Å². The average molecular weight is 552 g/mol. The largest absolute Gasteiger partial charge is 0.493 e. The molecule has 0 radical (unpaired) electrons. The zero-order valence-corrected chi connectivity index (χ0v) is 22.9. The number of halogens is 1. The van der Waals surface area contributed by atoms with Gasteiger partial charge in [0, 0.05) is 27.1 Å². The third kappa shape index (κ3) is 5.46. The molecule has 0 spiro atoms. The first kappa shape index (κ1) is 26.7. The summed E-state index contributed by atoms with van der Waals surface area (Å²) in [6.45, 7) is 3.92. The molecule has 7 nitrogen and oxygen atoms in total. The summed E-state index contributed by atoms with van der Waals surface area (Å²) in [6.07, 6.45) is 1.48. The van der Waals surface area contributed by atoms with Gasteiger partial charge in [-0.15, -0.1) is 0 Å². The van der Waals surface area contributed by atoms with Crippen molar-refractivity contribution in [3.63, 3.8) is 0 Å². The maximum absolute atomic E-state index is 13.3. The zero-order valence-electron chi connectivity index (χ0n) is 22.1. The summed E-state index contributed by atoms with van der Waals surface area (Å²) in [7, 11) is 1.48. The lowest BCUT2D eigenvalue weighted by Gasteiger charge is -2.10. The second kappa shape index (κ2) is 11.5. The fourth-order valence-corrected chi connectivity index (χ4v) is 4.63. The quantitative estimate of drug-likeness (QED) is 0.0976. The molecule has 200 valence electrons. The van der Waals surface area contributed by atoms with Crippen molar-refractivity contribution in [1.82, 2.24) is 10.4 Å². The normalized spacial score (nSPS) is 11.1. The van der Waals surface area contributed by atoms with Crippen molar-refractivity contribution in [2.45, 2.75) is 13.8 Å². The van der Waals surface area contributed by atoms with Gasteiger partial charge >= 0.3 is 5.97 Å². The van der Waals surface area contributed by atoms with Crippen LogP contribution in [0.1, 0.15) is 37.5 Å². The Balaban J connectivity index is 1.37. The number of benzene rings is 4. The monoisotopic (exact) mass is 551 g/mol. The molecule has 0 bridgehead atoms. The first-order valence-corrected chi connectivity index (χ1v) is 12.9. The van der Waals surface area contributed by atoms with E-state index >= 15 is 0 Å². The summed E-state index contributed by atoms with van der Waals surface area (Å²) in [5.74, 6) is -0.290. The molecule has 0 unspecified atom stereocenters. The fraction of sp³-hybridized carbons (Fsp3) is 0.0938. The number of aryl methyl sites for hydroxylation is 2. The van der Waals surface area contributed by atoms with Gasteiger partial charge in [0.2, 0.25) is 0 Å².